The zero-order valence-corrected chi connectivity index (χ0v) is 21.6. The summed E-state index contributed by atoms with van der Waals surface area (Å²) >= 11 is 0. The largest absolute Gasteiger partial charge is 0.500 e. The molecule has 27 heavy (non-hydrogen) atoms. The van der Waals surface area contributed by atoms with Crippen LogP contribution in [-0.2, 0) is 13.3 Å². The van der Waals surface area contributed by atoms with Crippen molar-refractivity contribution in [3.8, 4) is 0 Å². The van der Waals surface area contributed by atoms with E-state index in [4.69, 9.17) is 13.3 Å². The van der Waals surface area contributed by atoms with Crippen molar-refractivity contribution in [1.29, 1.82) is 0 Å². The molecule has 0 aromatic carbocycles. The number of hydrogen-bond acceptors (Lipinski definition) is 5. The Morgan fingerprint density at radius 2 is 1.11 bits per heavy atom. The predicted molar refractivity (Wildman–Crippen MR) is 122 cm³/mol. The van der Waals surface area contributed by atoms with E-state index in [0.29, 0.717) is 19.8 Å². The molecule has 0 aromatic heterocycles. The molecule has 0 aliphatic heterocycles. The minimum absolute atomic E-state index is 0.660. The molecule has 0 saturated carbocycles. The van der Waals surface area contributed by atoms with Gasteiger partial charge in [0.1, 0.15) is 8.24 Å². The average molecular weight is 421 g/mol. The molecule has 0 saturated heterocycles. The van der Waals surface area contributed by atoms with E-state index in [1.807, 2.05) is 20.8 Å². The minimum atomic E-state index is -2.51. The van der Waals surface area contributed by atoms with E-state index in [9.17, 15) is 0 Å². The van der Waals surface area contributed by atoms with Crippen molar-refractivity contribution in [2.24, 2.45) is 0 Å². The van der Waals surface area contributed by atoms with Crippen molar-refractivity contribution in [2.75, 3.05) is 52.5 Å². The summed E-state index contributed by atoms with van der Waals surface area (Å²) in [5.41, 5.74) is 0. The molecule has 0 aliphatic rings. The quantitative estimate of drug-likeness (QED) is 0.301. The highest BCUT2D eigenvalue weighted by Crippen LogP contribution is 2.20. The highest BCUT2D eigenvalue weighted by molar-refractivity contribution is 6.73. The second-order valence-corrected chi connectivity index (χ2v) is 15.8. The molecule has 0 heterocycles. The van der Waals surface area contributed by atoms with E-state index in [1.165, 1.54) is 39.0 Å². The Morgan fingerprint density at radius 1 is 0.630 bits per heavy atom. The Morgan fingerprint density at radius 3 is 1.48 bits per heavy atom. The van der Waals surface area contributed by atoms with Crippen molar-refractivity contribution in [3.63, 3.8) is 0 Å². The van der Waals surface area contributed by atoms with Gasteiger partial charge in [0.05, 0.1) is 0 Å². The monoisotopic (exact) mass is 420 g/mol. The molecule has 0 aliphatic carbocycles. The Bertz CT molecular complexity index is 332. The molecule has 0 radical (unpaired) electrons. The first kappa shape index (κ1) is 27.2. The van der Waals surface area contributed by atoms with Crippen LogP contribution in [0, 0.1) is 0 Å². The highest BCUT2D eigenvalue weighted by atomic mass is 28.4. The number of nitrogens with zero attached hydrogens (tertiary/aromatic N) is 2. The Labute approximate surface area is 172 Å². The maximum absolute atomic E-state index is 6.02. The molecule has 0 bridgehead atoms. The smallest absolute Gasteiger partial charge is 0.374 e. The fourth-order valence-electron chi connectivity index (χ4n) is 3.50. The third kappa shape index (κ3) is 11.7. The van der Waals surface area contributed by atoms with Crippen LogP contribution in [0.3, 0.4) is 0 Å². The van der Waals surface area contributed by atoms with E-state index in [1.54, 1.807) is 0 Å². The summed E-state index contributed by atoms with van der Waals surface area (Å²) in [6.07, 6.45) is 3.55. The van der Waals surface area contributed by atoms with Crippen molar-refractivity contribution in [3.05, 3.63) is 0 Å². The fourth-order valence-corrected chi connectivity index (χ4v) is 7.69. The van der Waals surface area contributed by atoms with E-state index in [2.05, 4.69) is 43.0 Å². The van der Waals surface area contributed by atoms with Gasteiger partial charge in [0.2, 0.25) is 0 Å². The molecule has 7 heteroatoms. The lowest BCUT2D eigenvalue weighted by molar-refractivity contribution is 0.0703. The van der Waals surface area contributed by atoms with Crippen LogP contribution in [0.4, 0.5) is 0 Å². The normalized spacial score (nSPS) is 13.1. The SMILES string of the molecule is CCCN(CCC)CCN(CCC[Si](OCC)(OCC)OCC)[Si](C)(C)C. The molecule has 0 N–H and O–H groups in total. The summed E-state index contributed by atoms with van der Waals surface area (Å²) in [5, 5.41) is 0. The van der Waals surface area contributed by atoms with Gasteiger partial charge in [-0.3, -0.25) is 0 Å². The zero-order chi connectivity index (χ0) is 20.8. The Balaban J connectivity index is 4.80. The first-order valence-corrected chi connectivity index (χ1v) is 16.6. The van der Waals surface area contributed by atoms with Crippen LogP contribution in [0.15, 0.2) is 0 Å². The minimum Gasteiger partial charge on any atom is -0.374 e. The summed E-state index contributed by atoms with van der Waals surface area (Å²) < 4.78 is 20.8. The highest BCUT2D eigenvalue weighted by Gasteiger charge is 2.40. The first-order chi connectivity index (χ1) is 12.8. The van der Waals surface area contributed by atoms with Gasteiger partial charge in [-0.1, -0.05) is 33.5 Å². The predicted octanol–water partition coefficient (Wildman–Crippen LogP) is 4.68. The van der Waals surface area contributed by atoms with Crippen LogP contribution < -0.4 is 0 Å². The standard InChI is InChI=1S/C20H48N2O3Si2/c1-9-15-21(16-10-2)18-19-22(26(6,7)8)17-14-20-27(23-11-3,24-12-4)25-13-5/h9-20H2,1-8H3. The van der Waals surface area contributed by atoms with E-state index >= 15 is 0 Å². The topological polar surface area (TPSA) is 34.2 Å². The van der Waals surface area contributed by atoms with Crippen LogP contribution in [0.1, 0.15) is 53.9 Å². The molecule has 5 nitrogen and oxygen atoms in total. The van der Waals surface area contributed by atoms with Crippen LogP contribution in [0.2, 0.25) is 25.7 Å². The van der Waals surface area contributed by atoms with Crippen LogP contribution >= 0.6 is 0 Å². The summed E-state index contributed by atoms with van der Waals surface area (Å²) in [4.78, 5) is 2.62. The van der Waals surface area contributed by atoms with E-state index in [0.717, 1.165) is 19.0 Å². The van der Waals surface area contributed by atoms with Gasteiger partial charge in [-0.05, 0) is 59.7 Å². The molecular weight excluding hydrogens is 372 g/mol. The van der Waals surface area contributed by atoms with Gasteiger partial charge in [-0.15, -0.1) is 0 Å². The molecule has 0 atom stereocenters. The van der Waals surface area contributed by atoms with Gasteiger partial charge in [-0.25, -0.2) is 0 Å². The molecular formula is C20H48N2O3Si2. The van der Waals surface area contributed by atoms with E-state index in [-0.39, 0.29) is 0 Å². The lowest BCUT2D eigenvalue weighted by Gasteiger charge is -2.37. The molecule has 0 spiro atoms. The second kappa shape index (κ2) is 15.1. The van der Waals surface area contributed by atoms with Gasteiger partial charge in [0, 0.05) is 39.0 Å². The summed E-state index contributed by atoms with van der Waals surface area (Å²) in [5.74, 6) is 0. The summed E-state index contributed by atoms with van der Waals surface area (Å²) in [6, 6.07) is 0.914. The molecule has 0 fully saturated rings. The Kier molecular flexibility index (Phi) is 15.3. The van der Waals surface area contributed by atoms with Crippen molar-refractivity contribution < 1.29 is 13.3 Å². The van der Waals surface area contributed by atoms with Crippen molar-refractivity contribution >= 4 is 17.0 Å². The van der Waals surface area contributed by atoms with Crippen LogP contribution in [0.25, 0.3) is 0 Å². The van der Waals surface area contributed by atoms with Gasteiger partial charge in [0.15, 0.2) is 0 Å². The van der Waals surface area contributed by atoms with Crippen LogP contribution in [0.5, 0.6) is 0 Å². The van der Waals surface area contributed by atoms with Gasteiger partial charge >= 0.3 is 8.80 Å². The Hall–Kier alpha value is 0.234. The third-order valence-corrected chi connectivity index (χ3v) is 10.2. The summed E-state index contributed by atoms with van der Waals surface area (Å²) in [7, 11) is -3.86. The maximum Gasteiger partial charge on any atom is 0.500 e. The number of rotatable bonds is 18. The molecule has 0 amide bonds. The lowest BCUT2D eigenvalue weighted by Crippen LogP contribution is -2.51. The average Bonchev–Trinajstić information content (AvgIpc) is 2.57. The molecule has 0 aromatic rings. The molecule has 0 rings (SSSR count). The van der Waals surface area contributed by atoms with Gasteiger partial charge < -0.3 is 22.7 Å². The van der Waals surface area contributed by atoms with Crippen molar-refractivity contribution in [1.82, 2.24) is 9.47 Å². The lowest BCUT2D eigenvalue weighted by atomic mass is 10.3. The van der Waals surface area contributed by atoms with Gasteiger partial charge in [-0.2, -0.15) is 0 Å². The molecule has 164 valence electrons. The molecule has 0 unspecified atom stereocenters. The first-order valence-electron chi connectivity index (χ1n) is 11.2. The van der Waals surface area contributed by atoms with Gasteiger partial charge in [0.25, 0.3) is 0 Å². The number of hydrogen-bond donors (Lipinski definition) is 0. The van der Waals surface area contributed by atoms with Crippen LogP contribution in [-0.4, -0.2) is 79.0 Å². The van der Waals surface area contributed by atoms with E-state index < -0.39 is 17.0 Å². The van der Waals surface area contributed by atoms with Crippen molar-refractivity contribution in [2.45, 2.75) is 79.6 Å². The maximum atomic E-state index is 6.02. The second-order valence-electron chi connectivity index (χ2n) is 8.09. The zero-order valence-electron chi connectivity index (χ0n) is 19.6. The third-order valence-electron chi connectivity index (χ3n) is 4.72. The summed E-state index contributed by atoms with van der Waals surface area (Å²) in [6.45, 7) is 25.9. The fraction of sp³-hybridized carbons (Fsp3) is 1.00.